The summed E-state index contributed by atoms with van der Waals surface area (Å²) in [7, 11) is 0.0531. The Morgan fingerprint density at radius 2 is 1.30 bits per heavy atom. The van der Waals surface area contributed by atoms with Crippen LogP contribution in [0.3, 0.4) is 0 Å². The van der Waals surface area contributed by atoms with Crippen LogP contribution in [0.2, 0.25) is 0 Å². The van der Waals surface area contributed by atoms with E-state index in [-0.39, 0.29) is 6.04 Å². The Hall–Kier alpha value is -3.09. The summed E-state index contributed by atoms with van der Waals surface area (Å²) in [4.78, 5) is 0. The van der Waals surface area contributed by atoms with Gasteiger partial charge < -0.3 is 8.39 Å². The van der Waals surface area contributed by atoms with Crippen molar-refractivity contribution in [3.8, 4) is 0 Å². The fraction of sp³-hybridized carbons (Fsp3) is 0.229. The smallest absolute Gasteiger partial charge is 0.309 e. The normalized spacial score (nSPS) is 19.1. The van der Waals surface area contributed by atoms with Gasteiger partial charge in [-0.05, 0) is 77.0 Å². The molecule has 1 aliphatic carbocycles. The standard InChI is InChI=1S/C35H33NO2P2/c1-24(28-18-11-19-33(28)39(3)27-14-5-4-6-15-27)36(2)40-37-31-22-20-25-12-7-9-16-29(25)34(31)35-30-17-10-8-13-26(30)21-23-32(35)38-40/h3-10,12-17,20-24,28,33H,11,18-19H2,1-2H3/t24-,28?,33?,39?/m1/s1. The number of hydrogen-bond donors (Lipinski definition) is 0. The average Bonchev–Trinajstić information content (AvgIpc) is 3.43. The molecule has 0 amide bonds. The van der Waals surface area contributed by atoms with Crippen LogP contribution in [0.4, 0.5) is 0 Å². The third kappa shape index (κ3) is 4.46. The van der Waals surface area contributed by atoms with Crippen LogP contribution >= 0.6 is 16.1 Å². The topological polar surface area (TPSA) is 29.5 Å². The lowest BCUT2D eigenvalue weighted by molar-refractivity contribution is 0.451. The molecule has 3 unspecified atom stereocenters. The Morgan fingerprint density at radius 1 is 0.750 bits per heavy atom. The van der Waals surface area contributed by atoms with E-state index in [0.717, 1.165) is 21.9 Å². The zero-order valence-electron chi connectivity index (χ0n) is 22.9. The minimum atomic E-state index is -1.39. The van der Waals surface area contributed by atoms with Crippen LogP contribution in [0.25, 0.3) is 43.5 Å². The molecule has 0 saturated heterocycles. The highest BCUT2D eigenvalue weighted by molar-refractivity contribution is 7.67. The molecule has 5 aromatic carbocycles. The van der Waals surface area contributed by atoms with Gasteiger partial charge in [-0.3, -0.25) is 0 Å². The van der Waals surface area contributed by atoms with Crippen LogP contribution in [0.1, 0.15) is 26.2 Å². The van der Waals surface area contributed by atoms with Gasteiger partial charge in [0.05, 0.1) is 0 Å². The van der Waals surface area contributed by atoms with E-state index in [1.165, 1.54) is 46.1 Å². The van der Waals surface area contributed by atoms with Gasteiger partial charge in [-0.15, -0.1) is 0 Å². The van der Waals surface area contributed by atoms with E-state index in [2.05, 4.69) is 122 Å². The maximum atomic E-state index is 6.95. The third-order valence-corrected chi connectivity index (χ3v) is 12.6. The lowest BCUT2D eigenvalue weighted by Gasteiger charge is -2.34. The molecule has 3 nitrogen and oxygen atoms in total. The SMILES string of the molecule is [CH]P(c1ccccc1)C1CCCC1[C@@H](C)N(C)p1oc2ccc3ccccc3c2c2c(ccc3ccccc32)o1. The molecule has 5 heteroatoms. The molecule has 1 aliphatic rings. The van der Waals surface area contributed by atoms with Crippen molar-refractivity contribution in [3.63, 3.8) is 0 Å². The lowest BCUT2D eigenvalue weighted by Crippen LogP contribution is -2.37. The minimum Gasteiger partial charge on any atom is -0.408 e. The van der Waals surface area contributed by atoms with Gasteiger partial charge in [-0.25, -0.2) is 4.67 Å². The van der Waals surface area contributed by atoms with Gasteiger partial charge in [-0.1, -0.05) is 105 Å². The third-order valence-electron chi connectivity index (χ3n) is 8.79. The van der Waals surface area contributed by atoms with Gasteiger partial charge >= 0.3 is 8.16 Å². The molecular weight excluding hydrogens is 528 g/mol. The summed E-state index contributed by atoms with van der Waals surface area (Å²) in [5, 5.41) is 8.28. The van der Waals surface area contributed by atoms with Crippen LogP contribution in [0.5, 0.6) is 0 Å². The van der Waals surface area contributed by atoms with Crippen molar-refractivity contribution in [2.45, 2.75) is 37.9 Å². The molecule has 4 atom stereocenters. The van der Waals surface area contributed by atoms with Crippen LogP contribution in [0.15, 0.2) is 112 Å². The van der Waals surface area contributed by atoms with Gasteiger partial charge in [0.25, 0.3) is 0 Å². The van der Waals surface area contributed by atoms with E-state index in [1.54, 1.807) is 0 Å². The number of benzene rings is 5. The average molecular weight is 562 g/mol. The quantitative estimate of drug-likeness (QED) is 0.196. The van der Waals surface area contributed by atoms with E-state index in [9.17, 15) is 0 Å². The predicted octanol–water partition coefficient (Wildman–Crippen LogP) is 10.2. The van der Waals surface area contributed by atoms with E-state index >= 15 is 0 Å². The van der Waals surface area contributed by atoms with E-state index in [1.807, 2.05) is 0 Å². The van der Waals surface area contributed by atoms with Crippen molar-refractivity contribution in [2.24, 2.45) is 5.92 Å². The maximum Gasteiger partial charge on any atom is 0.309 e. The molecule has 0 aliphatic heterocycles. The van der Waals surface area contributed by atoms with Crippen molar-refractivity contribution in [2.75, 3.05) is 11.7 Å². The second-order valence-electron chi connectivity index (χ2n) is 11.0. The molecule has 7 rings (SSSR count). The van der Waals surface area contributed by atoms with E-state index in [4.69, 9.17) is 15.1 Å². The second-order valence-corrected chi connectivity index (χ2v) is 14.4. The van der Waals surface area contributed by atoms with Gasteiger partial charge in [0, 0.05) is 23.9 Å². The van der Waals surface area contributed by atoms with Crippen LogP contribution < -0.4 is 9.97 Å². The first-order valence-corrected chi connectivity index (χ1v) is 16.7. The Labute approximate surface area is 238 Å². The van der Waals surface area contributed by atoms with E-state index < -0.39 is 16.1 Å². The first-order chi connectivity index (χ1) is 19.6. The number of rotatable bonds is 5. The molecule has 0 N–H and O–H groups in total. The van der Waals surface area contributed by atoms with E-state index in [0.29, 0.717) is 11.6 Å². The molecule has 0 bridgehead atoms. The summed E-state index contributed by atoms with van der Waals surface area (Å²) in [6.45, 7) is 9.29. The first-order valence-electron chi connectivity index (χ1n) is 14.1. The minimum absolute atomic E-state index is 0.266. The maximum absolute atomic E-state index is 6.95. The van der Waals surface area contributed by atoms with Crippen LogP contribution in [-0.4, -0.2) is 18.7 Å². The van der Waals surface area contributed by atoms with Crippen molar-refractivity contribution >= 4 is 64.9 Å². The zero-order chi connectivity index (χ0) is 27.2. The van der Waals surface area contributed by atoms with Crippen LogP contribution in [-0.2, 0) is 0 Å². The highest BCUT2D eigenvalue weighted by Crippen LogP contribution is 2.52. The Bertz CT molecular complexity index is 1770. The fourth-order valence-electron chi connectivity index (χ4n) is 6.58. The van der Waals surface area contributed by atoms with Crippen molar-refractivity contribution in [3.05, 3.63) is 110 Å². The largest absolute Gasteiger partial charge is 0.408 e. The molecular formula is C35H33NO2P2. The van der Waals surface area contributed by atoms with Gasteiger partial charge in [-0.2, -0.15) is 0 Å². The lowest BCUT2D eigenvalue weighted by atomic mass is 9.99. The highest BCUT2D eigenvalue weighted by atomic mass is 31.1. The molecule has 0 spiro atoms. The number of fused-ring (bicyclic) bond motifs is 7. The summed E-state index contributed by atoms with van der Waals surface area (Å²) >= 11 is 0. The van der Waals surface area contributed by atoms with Crippen molar-refractivity contribution in [1.82, 2.24) is 0 Å². The zero-order valence-corrected chi connectivity index (χ0v) is 24.7. The fourth-order valence-corrected chi connectivity index (χ4v) is 10.2. The van der Waals surface area contributed by atoms with Crippen molar-refractivity contribution < 1.29 is 8.39 Å². The van der Waals surface area contributed by atoms with Crippen LogP contribution in [0, 0.1) is 12.6 Å². The van der Waals surface area contributed by atoms with Crippen molar-refractivity contribution in [1.29, 1.82) is 0 Å². The summed E-state index contributed by atoms with van der Waals surface area (Å²) in [6, 6.07) is 36.6. The molecule has 1 saturated carbocycles. The molecule has 2 radical (unpaired) electrons. The molecule has 200 valence electrons. The first kappa shape index (κ1) is 25.8. The molecule has 40 heavy (non-hydrogen) atoms. The molecule has 1 heterocycles. The highest BCUT2D eigenvalue weighted by Gasteiger charge is 2.38. The summed E-state index contributed by atoms with van der Waals surface area (Å²) < 4.78 is 16.1. The summed E-state index contributed by atoms with van der Waals surface area (Å²) in [5.74, 6) is 0.492. The summed E-state index contributed by atoms with van der Waals surface area (Å²) in [5.41, 5.74) is 2.25. The molecule has 6 aromatic rings. The Morgan fingerprint density at radius 3 is 1.90 bits per heavy atom. The number of hydrogen-bond acceptors (Lipinski definition) is 3. The predicted molar refractivity (Wildman–Crippen MR) is 173 cm³/mol. The van der Waals surface area contributed by atoms with Gasteiger partial charge in [0.2, 0.25) is 0 Å². The summed E-state index contributed by atoms with van der Waals surface area (Å²) in [6.07, 6.45) is 3.59. The van der Waals surface area contributed by atoms with Gasteiger partial charge in [0.1, 0.15) is 11.2 Å². The Balaban J connectivity index is 1.39. The van der Waals surface area contributed by atoms with Gasteiger partial charge in [0.15, 0.2) is 0 Å². The Kier molecular flexibility index (Phi) is 6.92. The number of nitrogens with zero attached hydrogens (tertiary/aromatic N) is 1. The second kappa shape index (κ2) is 10.7. The molecule has 1 fully saturated rings. The molecule has 1 aromatic heterocycles. The monoisotopic (exact) mass is 561 g/mol.